The van der Waals surface area contributed by atoms with E-state index in [4.69, 9.17) is 4.74 Å². The minimum Gasteiger partial charge on any atom is -0.497 e. The predicted molar refractivity (Wildman–Crippen MR) is 232 cm³/mol. The van der Waals surface area contributed by atoms with Crippen LogP contribution in [-0.2, 0) is 9.59 Å². The highest BCUT2D eigenvalue weighted by Crippen LogP contribution is 2.26. The Morgan fingerprint density at radius 2 is 0.860 bits per heavy atom. The fourth-order valence-corrected chi connectivity index (χ4v) is 10.0. The predicted octanol–water partition coefficient (Wildman–Crippen LogP) is 4.89. The Labute approximate surface area is 343 Å². The topological polar surface area (TPSA) is 69.3 Å². The normalized spacial score (nSPS) is 22.9. The molecule has 0 radical (unpaired) electrons. The average molecular weight is 785 g/mol. The molecule has 11 nitrogen and oxygen atoms in total. The molecule has 4 heterocycles. The maximum Gasteiger partial charge on any atom is 0.236 e. The van der Waals surface area contributed by atoms with Crippen LogP contribution in [0.5, 0.6) is 5.75 Å². The van der Waals surface area contributed by atoms with E-state index in [1.165, 1.54) is 81.1 Å². The molecule has 2 aromatic rings. The zero-order valence-electron chi connectivity index (χ0n) is 35.4. The summed E-state index contributed by atoms with van der Waals surface area (Å²) in [6, 6.07) is 18.6. The van der Waals surface area contributed by atoms with Crippen LogP contribution in [-0.4, -0.2) is 178 Å². The fourth-order valence-electron chi connectivity index (χ4n) is 10.0. The summed E-state index contributed by atoms with van der Waals surface area (Å²) in [6.45, 7) is 19.0. The molecule has 11 heteroatoms. The first-order valence-corrected chi connectivity index (χ1v) is 22.6. The van der Waals surface area contributed by atoms with Crippen LogP contribution in [0.25, 0.3) is 0 Å². The lowest BCUT2D eigenvalue weighted by Gasteiger charge is -2.41. The molecule has 4 saturated heterocycles. The van der Waals surface area contributed by atoms with Gasteiger partial charge >= 0.3 is 0 Å². The molecular formula is C46H72N8O3. The summed E-state index contributed by atoms with van der Waals surface area (Å²) in [7, 11) is 1.70. The molecule has 2 saturated carbocycles. The van der Waals surface area contributed by atoms with E-state index < -0.39 is 0 Å². The number of benzene rings is 2. The zero-order valence-corrected chi connectivity index (χ0v) is 35.4. The maximum atomic E-state index is 12.8. The van der Waals surface area contributed by atoms with Crippen molar-refractivity contribution >= 4 is 23.2 Å². The largest absolute Gasteiger partial charge is 0.497 e. The Kier molecular flexibility index (Phi) is 15.4. The lowest BCUT2D eigenvalue weighted by atomic mass is 9.94. The number of carbonyl (C=O) groups excluding carboxylic acids is 2. The van der Waals surface area contributed by atoms with Crippen molar-refractivity contribution in [3.05, 3.63) is 54.1 Å². The monoisotopic (exact) mass is 785 g/mol. The van der Waals surface area contributed by atoms with Crippen molar-refractivity contribution in [3.8, 4) is 5.75 Å². The lowest BCUT2D eigenvalue weighted by molar-refractivity contribution is -0.135. The van der Waals surface area contributed by atoms with Gasteiger partial charge in [0.05, 0.1) is 20.2 Å². The molecule has 0 spiro atoms. The zero-order chi connectivity index (χ0) is 39.4. The number of anilines is 2. The average Bonchev–Trinajstić information content (AvgIpc) is 3.28. The summed E-state index contributed by atoms with van der Waals surface area (Å²) in [5.74, 6) is 1.53. The third-order valence-electron chi connectivity index (χ3n) is 13.8. The Morgan fingerprint density at radius 3 is 1.23 bits per heavy atom. The van der Waals surface area contributed by atoms with Gasteiger partial charge in [-0.3, -0.25) is 29.2 Å². The van der Waals surface area contributed by atoms with E-state index in [-0.39, 0.29) is 0 Å². The molecule has 2 aromatic carbocycles. The number of piperazine rings is 4. The molecule has 0 bridgehead atoms. The number of nitrogens with zero attached hydrogens (tertiary/aromatic N) is 8. The van der Waals surface area contributed by atoms with E-state index in [0.29, 0.717) is 24.9 Å². The number of carbonyl (C=O) groups is 2. The minimum absolute atomic E-state index is 0.311. The summed E-state index contributed by atoms with van der Waals surface area (Å²) >= 11 is 0. The third-order valence-corrected chi connectivity index (χ3v) is 13.8. The summed E-state index contributed by atoms with van der Waals surface area (Å²) < 4.78 is 5.24. The number of hydrogen-bond acceptors (Lipinski definition) is 9. The van der Waals surface area contributed by atoms with Gasteiger partial charge in [0.25, 0.3) is 0 Å². The highest BCUT2D eigenvalue weighted by atomic mass is 16.5. The molecule has 6 aliphatic rings. The van der Waals surface area contributed by atoms with Gasteiger partial charge in [-0.25, -0.2) is 0 Å². The van der Waals surface area contributed by atoms with Gasteiger partial charge in [0.1, 0.15) is 5.75 Å². The summed E-state index contributed by atoms with van der Waals surface area (Å²) in [5.41, 5.74) is 3.84. The Morgan fingerprint density at radius 1 is 0.491 bits per heavy atom. The maximum absolute atomic E-state index is 12.8. The summed E-state index contributed by atoms with van der Waals surface area (Å²) in [4.78, 5) is 44.5. The number of ether oxygens (including phenoxy) is 1. The van der Waals surface area contributed by atoms with Gasteiger partial charge in [-0.2, -0.15) is 0 Å². The minimum atomic E-state index is 0.311. The van der Waals surface area contributed by atoms with Crippen molar-refractivity contribution in [2.45, 2.75) is 83.2 Å². The van der Waals surface area contributed by atoms with Crippen molar-refractivity contribution in [2.75, 3.05) is 135 Å². The molecule has 0 aromatic heterocycles. The first-order valence-electron chi connectivity index (χ1n) is 22.6. The van der Waals surface area contributed by atoms with E-state index in [2.05, 4.69) is 82.5 Å². The van der Waals surface area contributed by atoms with Gasteiger partial charge in [0.2, 0.25) is 11.8 Å². The molecule has 0 unspecified atom stereocenters. The van der Waals surface area contributed by atoms with Crippen molar-refractivity contribution in [2.24, 2.45) is 0 Å². The van der Waals surface area contributed by atoms with Gasteiger partial charge in [-0.05, 0) is 69.0 Å². The van der Waals surface area contributed by atoms with Crippen LogP contribution in [0.3, 0.4) is 0 Å². The van der Waals surface area contributed by atoms with Crippen molar-refractivity contribution in [1.29, 1.82) is 0 Å². The van der Waals surface area contributed by atoms with Crippen LogP contribution in [0, 0.1) is 6.92 Å². The second-order valence-electron chi connectivity index (χ2n) is 17.5. The number of aryl methyl sites for hydroxylation is 1. The van der Waals surface area contributed by atoms with E-state index in [1.807, 2.05) is 12.1 Å². The van der Waals surface area contributed by atoms with Crippen LogP contribution in [0.4, 0.5) is 11.4 Å². The lowest BCUT2D eigenvalue weighted by Crippen LogP contribution is -2.55. The van der Waals surface area contributed by atoms with E-state index in [0.717, 1.165) is 123 Å². The standard InChI is InChI=1S/C23H36N4O2.C23H36N4O/c1-29-22-9-7-21(8-10-22)25-13-11-24(12-14-25)19-23(28)27-17-15-26(16-18-27)20-5-3-2-4-6-20;1-20-7-9-22(10-8-20)25-13-11-24(12-14-25)19-23(28)27-17-15-26(16-18-27)21-5-3-2-4-6-21/h7-10,20H,2-6,11-19H2,1H3;7-10,21H,2-6,11-19H2,1H3. The summed E-state index contributed by atoms with van der Waals surface area (Å²) in [6.07, 6.45) is 13.8. The van der Waals surface area contributed by atoms with Gasteiger partial charge < -0.3 is 24.3 Å². The molecule has 0 N–H and O–H groups in total. The quantitative estimate of drug-likeness (QED) is 0.354. The molecule has 4 aliphatic heterocycles. The van der Waals surface area contributed by atoms with Crippen LogP contribution in [0.15, 0.2) is 48.5 Å². The Balaban J connectivity index is 0.000000174. The van der Waals surface area contributed by atoms with Gasteiger partial charge in [0.15, 0.2) is 0 Å². The molecule has 2 aliphatic carbocycles. The number of rotatable bonds is 9. The van der Waals surface area contributed by atoms with Crippen LogP contribution in [0.1, 0.15) is 69.8 Å². The third kappa shape index (κ3) is 11.9. The molecule has 8 rings (SSSR count). The van der Waals surface area contributed by atoms with Crippen LogP contribution in [0.2, 0.25) is 0 Å². The van der Waals surface area contributed by atoms with E-state index in [9.17, 15) is 9.59 Å². The van der Waals surface area contributed by atoms with Crippen molar-refractivity contribution < 1.29 is 14.3 Å². The van der Waals surface area contributed by atoms with E-state index in [1.54, 1.807) is 7.11 Å². The van der Waals surface area contributed by atoms with Crippen LogP contribution >= 0.6 is 0 Å². The second kappa shape index (κ2) is 21.0. The first kappa shape index (κ1) is 41.8. The van der Waals surface area contributed by atoms with Crippen molar-refractivity contribution in [1.82, 2.24) is 29.4 Å². The molecule has 2 amide bonds. The summed E-state index contributed by atoms with van der Waals surface area (Å²) in [5, 5.41) is 0. The van der Waals surface area contributed by atoms with Gasteiger partial charge in [0, 0.05) is 128 Å². The molecule has 6 fully saturated rings. The molecular weight excluding hydrogens is 713 g/mol. The van der Waals surface area contributed by atoms with Crippen molar-refractivity contribution in [3.63, 3.8) is 0 Å². The SMILES string of the molecule is COc1ccc(N2CCN(CC(=O)N3CCN(C4CCCCC4)CC3)CC2)cc1.Cc1ccc(N2CCN(CC(=O)N3CCN(C4CCCCC4)CC3)CC2)cc1. The van der Waals surface area contributed by atoms with Crippen LogP contribution < -0.4 is 14.5 Å². The number of hydrogen-bond donors (Lipinski definition) is 0. The highest BCUT2D eigenvalue weighted by molar-refractivity contribution is 5.79. The van der Waals surface area contributed by atoms with Gasteiger partial charge in [-0.15, -0.1) is 0 Å². The highest BCUT2D eigenvalue weighted by Gasteiger charge is 2.30. The second-order valence-corrected chi connectivity index (χ2v) is 17.5. The number of methoxy groups -OCH3 is 1. The van der Waals surface area contributed by atoms with Gasteiger partial charge in [-0.1, -0.05) is 56.2 Å². The molecule has 0 atom stereocenters. The smallest absolute Gasteiger partial charge is 0.236 e. The Bertz CT molecular complexity index is 1500. The first-order chi connectivity index (χ1) is 27.9. The Hall–Kier alpha value is -3.38. The fraction of sp³-hybridized carbons (Fsp3) is 0.696. The number of amides is 2. The molecule has 314 valence electrons. The van der Waals surface area contributed by atoms with E-state index >= 15 is 0 Å². The molecule has 57 heavy (non-hydrogen) atoms.